The summed E-state index contributed by atoms with van der Waals surface area (Å²) in [7, 11) is -1.14. The van der Waals surface area contributed by atoms with Crippen LogP contribution in [0.15, 0.2) is 17.0 Å². The number of rotatable bonds is 4. The maximum absolute atomic E-state index is 11.9. The van der Waals surface area contributed by atoms with Gasteiger partial charge in [0.15, 0.2) is 0 Å². The Hall–Kier alpha value is -0.870. The van der Waals surface area contributed by atoms with Crippen LogP contribution in [0.3, 0.4) is 0 Å². The van der Waals surface area contributed by atoms with E-state index in [1.807, 2.05) is 13.0 Å². The fourth-order valence-corrected chi connectivity index (χ4v) is 3.47. The highest BCUT2D eigenvalue weighted by molar-refractivity contribution is 7.85. The number of phenolic OH excluding ortho intramolecular Hbond substituents is 1. The van der Waals surface area contributed by atoms with Crippen molar-refractivity contribution in [3.8, 4) is 5.75 Å². The summed E-state index contributed by atoms with van der Waals surface area (Å²) in [5, 5.41) is 9.94. The summed E-state index contributed by atoms with van der Waals surface area (Å²) in [5.74, 6) is 0.638. The zero-order valence-corrected chi connectivity index (χ0v) is 12.0. The summed E-state index contributed by atoms with van der Waals surface area (Å²) in [5.41, 5.74) is 1.85. The van der Waals surface area contributed by atoms with Gasteiger partial charge in [0.05, 0.1) is 27.9 Å². The molecular weight excluding hydrogens is 248 g/mol. The molecule has 0 saturated heterocycles. The molecule has 0 radical (unpaired) electrons. The molecule has 100 valence electrons. The molecule has 0 aromatic heterocycles. The smallest absolute Gasteiger partial charge is 0.132 e. The highest BCUT2D eigenvalue weighted by Crippen LogP contribution is 2.44. The third-order valence-corrected chi connectivity index (χ3v) is 5.17. The van der Waals surface area contributed by atoms with Gasteiger partial charge in [0.25, 0.3) is 0 Å². The zero-order chi connectivity index (χ0) is 13.3. The van der Waals surface area contributed by atoms with Gasteiger partial charge in [-0.15, -0.1) is 0 Å². The summed E-state index contributed by atoms with van der Waals surface area (Å²) in [6.45, 7) is 6.58. The second-order valence-electron chi connectivity index (χ2n) is 4.60. The largest absolute Gasteiger partial charge is 0.507 e. The Balaban J connectivity index is 2.56. The van der Waals surface area contributed by atoms with E-state index in [0.29, 0.717) is 17.3 Å². The van der Waals surface area contributed by atoms with E-state index in [0.717, 1.165) is 24.0 Å². The first-order valence-electron chi connectivity index (χ1n) is 6.46. The van der Waals surface area contributed by atoms with Crippen molar-refractivity contribution in [3.63, 3.8) is 0 Å². The summed E-state index contributed by atoms with van der Waals surface area (Å²) in [6.07, 6.45) is 1.78. The van der Waals surface area contributed by atoms with Crippen LogP contribution in [0, 0.1) is 0 Å². The third kappa shape index (κ3) is 1.97. The minimum atomic E-state index is -1.14. The van der Waals surface area contributed by atoms with Crippen LogP contribution in [0.5, 0.6) is 5.75 Å². The summed E-state index contributed by atoms with van der Waals surface area (Å²) in [6, 6.07) is 3.59. The molecule has 2 rings (SSSR count). The highest BCUT2D eigenvalue weighted by atomic mass is 32.2. The molecule has 4 heteroatoms. The zero-order valence-electron chi connectivity index (χ0n) is 11.2. The summed E-state index contributed by atoms with van der Waals surface area (Å²) < 4.78 is 17.9. The average molecular weight is 268 g/mol. The van der Waals surface area contributed by atoms with Crippen LogP contribution >= 0.6 is 0 Å². The van der Waals surface area contributed by atoms with Crippen molar-refractivity contribution >= 4 is 10.8 Å². The van der Waals surface area contributed by atoms with Crippen molar-refractivity contribution < 1.29 is 14.1 Å². The topological polar surface area (TPSA) is 46.5 Å². The lowest BCUT2D eigenvalue weighted by atomic mass is 9.87. The van der Waals surface area contributed by atoms with Crippen LogP contribution in [-0.2, 0) is 27.7 Å². The van der Waals surface area contributed by atoms with Crippen LogP contribution in [-0.4, -0.2) is 15.1 Å². The molecule has 1 aromatic rings. The number of ether oxygens (including phenoxy) is 1. The Morgan fingerprint density at radius 2 is 2.00 bits per heavy atom. The molecule has 1 atom stereocenters. The van der Waals surface area contributed by atoms with E-state index in [4.69, 9.17) is 4.74 Å². The molecule has 0 bridgehead atoms. The molecule has 0 aliphatic carbocycles. The monoisotopic (exact) mass is 268 g/mol. The van der Waals surface area contributed by atoms with E-state index >= 15 is 0 Å². The Morgan fingerprint density at radius 3 is 2.56 bits per heavy atom. The van der Waals surface area contributed by atoms with E-state index in [1.165, 1.54) is 0 Å². The van der Waals surface area contributed by atoms with Crippen molar-refractivity contribution in [1.29, 1.82) is 0 Å². The van der Waals surface area contributed by atoms with E-state index in [-0.39, 0.29) is 11.4 Å². The molecule has 18 heavy (non-hydrogen) atoms. The first-order chi connectivity index (χ1) is 8.57. The quantitative estimate of drug-likeness (QED) is 0.913. The van der Waals surface area contributed by atoms with Crippen molar-refractivity contribution in [2.75, 3.05) is 5.75 Å². The number of hydrogen-bond acceptors (Lipinski definition) is 3. The first-order valence-corrected chi connectivity index (χ1v) is 7.78. The number of benzene rings is 1. The lowest BCUT2D eigenvalue weighted by Gasteiger charge is -2.27. The SMILES string of the molecule is CCS(=O)c1cc2c(cc1O)COC2(CC)CC. The fraction of sp³-hybridized carbons (Fsp3) is 0.571. The van der Waals surface area contributed by atoms with Gasteiger partial charge in [-0.25, -0.2) is 0 Å². The standard InChI is InChI=1S/C14H20O3S/c1-4-14(5-2)11-8-13(18(16)6-3)12(15)7-10(11)9-17-14/h7-8,15H,4-6,9H2,1-3H3. The van der Waals surface area contributed by atoms with Gasteiger partial charge in [-0.2, -0.15) is 0 Å². The minimum absolute atomic E-state index is 0.125. The van der Waals surface area contributed by atoms with Gasteiger partial charge in [-0.05, 0) is 36.1 Å². The molecule has 1 unspecified atom stereocenters. The van der Waals surface area contributed by atoms with Crippen LogP contribution < -0.4 is 0 Å². The summed E-state index contributed by atoms with van der Waals surface area (Å²) in [4.78, 5) is 0.535. The molecular formula is C14H20O3S. The van der Waals surface area contributed by atoms with Crippen LogP contribution in [0.1, 0.15) is 44.7 Å². The van der Waals surface area contributed by atoms with E-state index in [9.17, 15) is 9.32 Å². The second-order valence-corrected chi connectivity index (χ2v) is 6.31. The number of fused-ring (bicyclic) bond motifs is 1. The first kappa shape index (κ1) is 13.6. The lowest BCUT2D eigenvalue weighted by molar-refractivity contribution is -0.0440. The average Bonchev–Trinajstić information content (AvgIpc) is 2.75. The lowest BCUT2D eigenvalue weighted by Crippen LogP contribution is -2.23. The predicted octanol–water partition coefficient (Wildman–Crippen LogP) is 3.07. The van der Waals surface area contributed by atoms with Crippen LogP contribution in [0.4, 0.5) is 0 Å². The molecule has 1 aromatic carbocycles. The van der Waals surface area contributed by atoms with Crippen LogP contribution in [0.25, 0.3) is 0 Å². The van der Waals surface area contributed by atoms with Gasteiger partial charge < -0.3 is 9.84 Å². The van der Waals surface area contributed by atoms with Gasteiger partial charge in [0.1, 0.15) is 5.75 Å². The fourth-order valence-electron chi connectivity index (χ4n) is 2.62. The van der Waals surface area contributed by atoms with E-state index < -0.39 is 10.8 Å². The van der Waals surface area contributed by atoms with Crippen LogP contribution in [0.2, 0.25) is 0 Å². The Labute approximate surface area is 111 Å². The molecule has 1 heterocycles. The van der Waals surface area contributed by atoms with Gasteiger partial charge >= 0.3 is 0 Å². The maximum atomic E-state index is 11.9. The predicted molar refractivity (Wildman–Crippen MR) is 72.1 cm³/mol. The molecule has 1 N–H and O–H groups in total. The summed E-state index contributed by atoms with van der Waals surface area (Å²) >= 11 is 0. The number of hydrogen-bond donors (Lipinski definition) is 1. The highest BCUT2D eigenvalue weighted by Gasteiger charge is 2.37. The molecule has 0 saturated carbocycles. The van der Waals surface area contributed by atoms with Crippen molar-refractivity contribution in [3.05, 3.63) is 23.3 Å². The molecule has 0 fully saturated rings. The molecule has 0 amide bonds. The van der Waals surface area contributed by atoms with E-state index in [1.54, 1.807) is 6.07 Å². The Kier molecular flexibility index (Phi) is 3.78. The normalized spacial score (nSPS) is 18.6. The van der Waals surface area contributed by atoms with Gasteiger partial charge in [0.2, 0.25) is 0 Å². The van der Waals surface area contributed by atoms with Crippen molar-refractivity contribution in [2.45, 2.75) is 50.7 Å². The second kappa shape index (κ2) is 5.02. The molecule has 3 nitrogen and oxygen atoms in total. The molecule has 1 aliphatic rings. The van der Waals surface area contributed by atoms with Crippen molar-refractivity contribution in [2.24, 2.45) is 0 Å². The Bertz CT molecular complexity index is 478. The molecule has 0 spiro atoms. The maximum Gasteiger partial charge on any atom is 0.132 e. The van der Waals surface area contributed by atoms with Gasteiger partial charge in [-0.3, -0.25) is 4.21 Å². The van der Waals surface area contributed by atoms with Gasteiger partial charge in [0, 0.05) is 5.75 Å². The van der Waals surface area contributed by atoms with E-state index in [2.05, 4.69) is 13.8 Å². The van der Waals surface area contributed by atoms with Crippen molar-refractivity contribution in [1.82, 2.24) is 0 Å². The van der Waals surface area contributed by atoms with Gasteiger partial charge in [-0.1, -0.05) is 20.8 Å². The number of phenols is 1. The Morgan fingerprint density at radius 1 is 1.33 bits per heavy atom. The minimum Gasteiger partial charge on any atom is -0.507 e. The molecule has 1 aliphatic heterocycles. The number of aromatic hydroxyl groups is 1. The third-order valence-electron chi connectivity index (χ3n) is 3.83.